The van der Waals surface area contributed by atoms with Crippen molar-refractivity contribution in [2.75, 3.05) is 33.0 Å². The first-order valence-corrected chi connectivity index (χ1v) is 36.2. The standard InChI is InChI=1S/C66H103NO27S2/c1-40(16-10-9-14-30-84-56(74)18-12-8-11-17-55(73)67-37-46(68)34-50(70)60(94-96(81,82)83)51(71)39-87-95(78,79)80)38-85-62(76)63(7,77)36-48-21-22-54(72)66(90-48)35-41(2)32-53(91-66)42(3)19-20-47-24-28-65(89-47)29-25-52-61(93-65)57(75)45(6)59(88-52)49(69)33-44(5)58-43(4)23-27-64(92-58)26-13-15-31-86-64/h8-10,12,16,19-20,35,42-44,46-54,57-61,68-72,75,77H,6,11,13-15,17-18,21-34,36-39H2,1-5,7H3,(H,67,73)(H,78,79,80)(H,81,82,83)/b10-9+,12-8+,20-19+,40-16+/i37+1,46+1. The summed E-state index contributed by atoms with van der Waals surface area (Å²) in [5.41, 5.74) is 0.0337. The lowest BCUT2D eigenvalue weighted by Crippen LogP contribution is -2.60. The van der Waals surface area contributed by atoms with E-state index in [-0.39, 0.29) is 69.4 Å². The second-order valence-electron chi connectivity index (χ2n) is 27.3. The minimum atomic E-state index is -5.30. The van der Waals surface area contributed by atoms with Crippen molar-refractivity contribution in [3.8, 4) is 0 Å². The van der Waals surface area contributed by atoms with E-state index in [1.54, 1.807) is 37.3 Å². The van der Waals surface area contributed by atoms with Crippen molar-refractivity contribution in [2.24, 2.45) is 17.8 Å². The predicted octanol–water partition coefficient (Wildman–Crippen LogP) is 4.43. The maximum Gasteiger partial charge on any atom is 0.397 e. The lowest BCUT2D eigenvalue weighted by molar-refractivity contribution is -0.321. The summed E-state index contributed by atoms with van der Waals surface area (Å²) in [6.45, 7) is 14.5. The van der Waals surface area contributed by atoms with E-state index >= 15 is 0 Å². The highest BCUT2D eigenvalue weighted by molar-refractivity contribution is 7.81. The highest BCUT2D eigenvalue weighted by Gasteiger charge is 2.55. The molecule has 30 heteroatoms. The molecule has 0 aromatic rings. The Morgan fingerprint density at radius 3 is 2.32 bits per heavy atom. The van der Waals surface area contributed by atoms with E-state index in [0.717, 1.165) is 37.7 Å². The van der Waals surface area contributed by atoms with Crippen molar-refractivity contribution in [3.63, 3.8) is 0 Å². The third-order valence-corrected chi connectivity index (χ3v) is 19.8. The molecule has 1 amide bonds. The number of hydrogen-bond acceptors (Lipinski definition) is 25. The zero-order chi connectivity index (χ0) is 70.4. The van der Waals surface area contributed by atoms with Gasteiger partial charge in [0.05, 0.1) is 75.1 Å². The van der Waals surface area contributed by atoms with Gasteiger partial charge in [0.2, 0.25) is 11.7 Å². The van der Waals surface area contributed by atoms with Gasteiger partial charge in [-0.3, -0.25) is 18.7 Å². The van der Waals surface area contributed by atoms with Gasteiger partial charge in [0, 0.05) is 57.4 Å². The van der Waals surface area contributed by atoms with Gasteiger partial charge in [0.25, 0.3) is 0 Å². The topological polar surface area (TPSA) is 415 Å². The number of carbonyl (C=O) groups excluding carboxylic acids is 3. The van der Waals surface area contributed by atoms with Crippen LogP contribution in [0.2, 0.25) is 0 Å². The summed E-state index contributed by atoms with van der Waals surface area (Å²) < 4.78 is 126. The van der Waals surface area contributed by atoms with Crippen LogP contribution < -0.4 is 5.32 Å². The average Bonchev–Trinajstić information content (AvgIpc) is 1.28. The van der Waals surface area contributed by atoms with Gasteiger partial charge in [-0.15, -0.1) is 0 Å². The SMILES string of the molecule is C=C1C(O)C2OC3(CCC(/C=C/C(C)C4CC(C)=CC5(OC(CC(C)(O)C(=O)OC/C(C)=C/C=C/CCOC(=O)C/C=C/CCC(=O)N[13CH2][13CH](O)CC(O)C(OS(=O)(=O)O)C(O)COS(=O)(=O)O)CCC5O)O4)O3)CCC2OC1C(O)CC(C)C1OC2(CCCCO2)CCC1C. The molecule has 7 aliphatic rings. The number of hydrogen-bond donors (Lipinski definition) is 10. The molecule has 546 valence electrons. The van der Waals surface area contributed by atoms with Gasteiger partial charge >= 0.3 is 32.7 Å². The first-order valence-electron chi connectivity index (χ1n) is 33.5. The molecule has 6 saturated heterocycles. The van der Waals surface area contributed by atoms with Crippen molar-refractivity contribution < 1.29 is 127 Å². The number of nitrogens with one attached hydrogen (secondary N) is 1. The highest BCUT2D eigenvalue weighted by atomic mass is 32.3. The number of aliphatic hydroxyl groups excluding tert-OH is 6. The molecule has 0 radical (unpaired) electrons. The van der Waals surface area contributed by atoms with Crippen LogP contribution in [-0.4, -0.2) is 221 Å². The van der Waals surface area contributed by atoms with Crippen LogP contribution >= 0.6 is 0 Å². The summed E-state index contributed by atoms with van der Waals surface area (Å²) in [5.74, 6) is -4.77. The summed E-state index contributed by atoms with van der Waals surface area (Å²) in [6, 6.07) is 0. The van der Waals surface area contributed by atoms with Gasteiger partial charge in [-0.1, -0.05) is 75.5 Å². The number of fused-ring (bicyclic) bond motifs is 1. The van der Waals surface area contributed by atoms with Crippen LogP contribution in [0.15, 0.2) is 71.9 Å². The summed E-state index contributed by atoms with van der Waals surface area (Å²) in [7, 11) is -10.4. The number of amides is 1. The summed E-state index contributed by atoms with van der Waals surface area (Å²) in [5, 5.41) is 79.1. The Hall–Kier alpha value is -3.97. The molecule has 96 heavy (non-hydrogen) atoms. The van der Waals surface area contributed by atoms with Crippen LogP contribution in [0.3, 0.4) is 0 Å². The predicted molar refractivity (Wildman–Crippen MR) is 342 cm³/mol. The molecule has 3 spiro atoms. The Bertz CT molecular complexity index is 2980. The Morgan fingerprint density at radius 2 is 1.60 bits per heavy atom. The molecule has 0 aromatic carbocycles. The van der Waals surface area contributed by atoms with E-state index in [1.807, 2.05) is 26.0 Å². The molecular weight excluding hydrogens is 1300 g/mol. The zero-order valence-electron chi connectivity index (χ0n) is 55.8. The second-order valence-corrected chi connectivity index (χ2v) is 29.5. The first kappa shape index (κ1) is 79.4. The van der Waals surface area contributed by atoms with Crippen LogP contribution in [-0.2, 0) is 86.2 Å². The van der Waals surface area contributed by atoms with Crippen LogP contribution in [0.5, 0.6) is 0 Å². The monoisotopic (exact) mass is 1410 g/mol. The van der Waals surface area contributed by atoms with E-state index in [9.17, 15) is 67.0 Å². The number of carbonyl (C=O) groups is 3. The third-order valence-electron chi connectivity index (χ3n) is 18.9. The van der Waals surface area contributed by atoms with Crippen LogP contribution in [0.25, 0.3) is 0 Å². The van der Waals surface area contributed by atoms with E-state index in [2.05, 4.69) is 34.1 Å². The Morgan fingerprint density at radius 1 is 0.865 bits per heavy atom. The number of esters is 2. The van der Waals surface area contributed by atoms with Crippen molar-refractivity contribution >= 4 is 38.6 Å². The largest absolute Gasteiger partial charge is 0.465 e. The van der Waals surface area contributed by atoms with Crippen molar-refractivity contribution in [3.05, 3.63) is 71.9 Å². The van der Waals surface area contributed by atoms with Gasteiger partial charge in [-0.05, 0) is 120 Å². The molecule has 7 heterocycles. The lowest BCUT2D eigenvalue weighted by Gasteiger charge is -2.50. The molecule has 10 N–H and O–H groups in total. The maximum absolute atomic E-state index is 13.3. The Labute approximate surface area is 563 Å². The number of aliphatic hydroxyl groups is 7. The molecule has 0 saturated carbocycles. The maximum atomic E-state index is 13.3. The molecule has 0 bridgehead atoms. The minimum Gasteiger partial charge on any atom is -0.465 e. The van der Waals surface area contributed by atoms with E-state index in [4.69, 9.17) is 51.7 Å². The molecule has 6 fully saturated rings. The number of allylic oxidation sites excluding steroid dienone is 3. The summed E-state index contributed by atoms with van der Waals surface area (Å²) >= 11 is 0. The average molecular weight is 1410 g/mol. The molecule has 7 rings (SSSR count). The van der Waals surface area contributed by atoms with Crippen molar-refractivity contribution in [1.82, 2.24) is 5.32 Å². The van der Waals surface area contributed by atoms with E-state index in [1.165, 1.54) is 13.0 Å². The quantitative estimate of drug-likeness (QED) is 0.0111. The molecule has 28 nitrogen and oxygen atoms in total. The highest BCUT2D eigenvalue weighted by Crippen LogP contribution is 2.48. The van der Waals surface area contributed by atoms with Gasteiger partial charge in [-0.25, -0.2) is 13.2 Å². The molecule has 7 aliphatic heterocycles. The Kier molecular flexibility index (Phi) is 29.0. The van der Waals surface area contributed by atoms with Gasteiger partial charge in [0.1, 0.15) is 43.2 Å². The fourth-order valence-corrected chi connectivity index (χ4v) is 14.5. The molecule has 0 aromatic heterocycles. The normalized spacial score (nSPS) is 33.7. The first-order chi connectivity index (χ1) is 45.1. The second kappa shape index (κ2) is 35.1. The zero-order valence-corrected chi connectivity index (χ0v) is 57.4. The third kappa shape index (κ3) is 23.3. The molecule has 21 atom stereocenters. The van der Waals surface area contributed by atoms with Gasteiger partial charge in [-0.2, -0.15) is 16.8 Å². The minimum absolute atomic E-state index is 0.0130. The summed E-state index contributed by atoms with van der Waals surface area (Å²) in [4.78, 5) is 37.8. The van der Waals surface area contributed by atoms with Crippen LogP contribution in [0, 0.1) is 17.8 Å². The fourth-order valence-electron chi connectivity index (χ4n) is 13.7. The molecule has 21 unspecified atom stereocenters. The summed E-state index contributed by atoms with van der Waals surface area (Å²) in [6.07, 6.45) is 7.99. The van der Waals surface area contributed by atoms with Crippen molar-refractivity contribution in [1.29, 1.82) is 0 Å². The smallest absolute Gasteiger partial charge is 0.397 e. The molecule has 0 aliphatic carbocycles. The van der Waals surface area contributed by atoms with Gasteiger partial charge in [0.15, 0.2) is 17.2 Å². The van der Waals surface area contributed by atoms with Crippen molar-refractivity contribution in [2.45, 2.75) is 272 Å². The van der Waals surface area contributed by atoms with E-state index in [0.29, 0.717) is 75.0 Å². The van der Waals surface area contributed by atoms with Gasteiger partial charge < -0.3 is 83.7 Å². The fraction of sp³-hybridized carbons (Fsp3) is 0.773. The Balaban J connectivity index is 0.770. The van der Waals surface area contributed by atoms with Crippen LogP contribution in [0.4, 0.5) is 0 Å². The molecular formula is C66H103NO27S2. The number of ether oxygens (including phenoxy) is 9. The number of rotatable bonds is 32. The lowest BCUT2D eigenvalue weighted by atomic mass is 9.79. The van der Waals surface area contributed by atoms with Crippen LogP contribution in [0.1, 0.15) is 164 Å². The van der Waals surface area contributed by atoms with E-state index < -0.39 is 154 Å².